The van der Waals surface area contributed by atoms with Crippen molar-refractivity contribution in [2.75, 3.05) is 5.32 Å². The molecule has 0 aliphatic heterocycles. The molecular weight excluding hydrogens is 518 g/mol. The van der Waals surface area contributed by atoms with Crippen molar-refractivity contribution >= 4 is 34.0 Å². The van der Waals surface area contributed by atoms with Crippen LogP contribution in [-0.2, 0) is 18.4 Å². The van der Waals surface area contributed by atoms with E-state index in [0.717, 1.165) is 28.2 Å². The highest BCUT2D eigenvalue weighted by atomic mass is 32.1. The summed E-state index contributed by atoms with van der Waals surface area (Å²) < 4.78 is 5.38. The van der Waals surface area contributed by atoms with Gasteiger partial charge in [0.15, 0.2) is 10.5 Å². The molecule has 0 fully saturated rings. The van der Waals surface area contributed by atoms with Gasteiger partial charge in [-0.3, -0.25) is 14.3 Å². The molecule has 5 aromatic rings. The van der Waals surface area contributed by atoms with Gasteiger partial charge in [-0.2, -0.15) is 0 Å². The summed E-state index contributed by atoms with van der Waals surface area (Å²) >= 11 is 1.32. The molecule has 1 N–H and O–H groups in total. The number of nitrogens with zero attached hydrogens (tertiary/aromatic N) is 4. The Morgan fingerprint density at radius 1 is 0.975 bits per heavy atom. The second kappa shape index (κ2) is 11.8. The van der Waals surface area contributed by atoms with Gasteiger partial charge in [0, 0.05) is 25.2 Å². The number of amides is 1. The molecule has 0 unspecified atom stereocenters. The number of thiazole rings is 1. The molecule has 0 radical (unpaired) electrons. The van der Waals surface area contributed by atoms with E-state index in [2.05, 4.69) is 11.9 Å². The standard InChI is InChI=1S/C32H29N5O2S/c1-4-22-36-29(25-16-10-6-11-17-25)30(33-27(38)21-20-24-14-8-5-9-15-24)40-32(36)34-28-23(2)35(3)37(31(28)39)26-18-12-7-13-19-26/h4-21H,1,22H2,2-3H3,(H,33,38)/b21-20+,34-32?. The molecule has 0 bridgehead atoms. The van der Waals surface area contributed by atoms with Crippen LogP contribution < -0.4 is 15.7 Å². The minimum Gasteiger partial charge on any atom is -0.312 e. The zero-order chi connectivity index (χ0) is 28.1. The van der Waals surface area contributed by atoms with Crippen LogP contribution in [0.25, 0.3) is 23.0 Å². The summed E-state index contributed by atoms with van der Waals surface area (Å²) in [6.45, 7) is 6.25. The number of hydrogen-bond donors (Lipinski definition) is 1. The zero-order valence-corrected chi connectivity index (χ0v) is 23.1. The van der Waals surface area contributed by atoms with E-state index in [1.165, 1.54) is 17.4 Å². The van der Waals surface area contributed by atoms with Gasteiger partial charge in [-0.25, -0.2) is 9.67 Å². The molecule has 0 saturated carbocycles. The first-order valence-electron chi connectivity index (χ1n) is 12.8. The first-order chi connectivity index (χ1) is 19.5. The fourth-order valence-corrected chi connectivity index (χ4v) is 5.50. The molecule has 40 heavy (non-hydrogen) atoms. The number of para-hydroxylation sites is 1. The van der Waals surface area contributed by atoms with Crippen molar-refractivity contribution in [1.29, 1.82) is 0 Å². The topological polar surface area (TPSA) is 73.3 Å². The highest BCUT2D eigenvalue weighted by molar-refractivity contribution is 7.14. The van der Waals surface area contributed by atoms with Crippen molar-refractivity contribution in [2.45, 2.75) is 13.5 Å². The number of allylic oxidation sites excluding steroid dienone is 1. The third-order valence-electron chi connectivity index (χ3n) is 6.46. The van der Waals surface area contributed by atoms with Crippen LogP contribution in [0, 0.1) is 6.92 Å². The Hall–Kier alpha value is -4.95. The molecule has 0 saturated heterocycles. The van der Waals surface area contributed by atoms with Crippen LogP contribution in [0.15, 0.2) is 120 Å². The smallest absolute Gasteiger partial charge is 0.297 e. The number of anilines is 1. The van der Waals surface area contributed by atoms with Crippen LogP contribution in [0.2, 0.25) is 0 Å². The summed E-state index contributed by atoms with van der Waals surface area (Å²) in [4.78, 5) is 32.1. The van der Waals surface area contributed by atoms with Crippen molar-refractivity contribution in [3.8, 4) is 16.9 Å². The largest absolute Gasteiger partial charge is 0.312 e. The van der Waals surface area contributed by atoms with Gasteiger partial charge in [-0.1, -0.05) is 96.3 Å². The minimum absolute atomic E-state index is 0.220. The quantitative estimate of drug-likeness (QED) is 0.189. The first kappa shape index (κ1) is 26.6. The van der Waals surface area contributed by atoms with E-state index in [-0.39, 0.29) is 11.5 Å². The normalized spacial score (nSPS) is 11.7. The molecule has 0 aliphatic rings. The predicted molar refractivity (Wildman–Crippen MR) is 163 cm³/mol. The summed E-state index contributed by atoms with van der Waals surface area (Å²) in [5, 5.41) is 3.68. The Bertz CT molecular complexity index is 1810. The second-order valence-corrected chi connectivity index (χ2v) is 10.1. The van der Waals surface area contributed by atoms with E-state index < -0.39 is 0 Å². The number of nitrogens with one attached hydrogen (secondary N) is 1. The molecule has 5 rings (SSSR count). The minimum atomic E-state index is -0.262. The molecular formula is C32H29N5O2S. The molecule has 0 spiro atoms. The summed E-state index contributed by atoms with van der Waals surface area (Å²) in [5.74, 6) is -0.262. The van der Waals surface area contributed by atoms with E-state index in [1.807, 2.05) is 110 Å². The molecule has 3 aromatic carbocycles. The molecule has 200 valence electrons. The SMILES string of the molecule is C=CCn1c(-c2ccccc2)c(NC(=O)/C=C/c2ccccc2)sc1=Nc1c(C)n(C)n(-c2ccccc2)c1=O. The van der Waals surface area contributed by atoms with Crippen LogP contribution in [0.1, 0.15) is 11.3 Å². The molecule has 2 heterocycles. The number of carbonyl (C=O) groups is 1. The second-order valence-electron chi connectivity index (χ2n) is 9.08. The molecule has 0 aliphatic carbocycles. The predicted octanol–water partition coefficient (Wildman–Crippen LogP) is 6.08. The van der Waals surface area contributed by atoms with Crippen molar-refractivity contribution in [2.24, 2.45) is 12.0 Å². The van der Waals surface area contributed by atoms with Gasteiger partial charge in [0.2, 0.25) is 5.91 Å². The van der Waals surface area contributed by atoms with Crippen LogP contribution in [0.5, 0.6) is 0 Å². The van der Waals surface area contributed by atoms with Gasteiger partial charge in [-0.05, 0) is 30.7 Å². The van der Waals surface area contributed by atoms with Gasteiger partial charge in [0.05, 0.1) is 17.1 Å². The number of carbonyl (C=O) groups excluding carboxylic acids is 1. The maximum absolute atomic E-state index is 13.6. The van der Waals surface area contributed by atoms with E-state index in [4.69, 9.17) is 4.99 Å². The lowest BCUT2D eigenvalue weighted by molar-refractivity contribution is -0.111. The average Bonchev–Trinajstić information content (AvgIpc) is 3.42. The third kappa shape index (κ3) is 5.43. The van der Waals surface area contributed by atoms with Crippen LogP contribution in [-0.4, -0.2) is 19.8 Å². The van der Waals surface area contributed by atoms with Crippen molar-refractivity contribution < 1.29 is 4.79 Å². The maximum atomic E-state index is 13.6. The lowest BCUT2D eigenvalue weighted by Crippen LogP contribution is -2.20. The highest BCUT2D eigenvalue weighted by Crippen LogP contribution is 2.31. The number of aromatic nitrogens is 3. The van der Waals surface area contributed by atoms with Crippen molar-refractivity contribution in [1.82, 2.24) is 13.9 Å². The van der Waals surface area contributed by atoms with E-state index in [9.17, 15) is 9.59 Å². The van der Waals surface area contributed by atoms with Gasteiger partial charge in [0.25, 0.3) is 5.56 Å². The summed E-state index contributed by atoms with van der Waals surface area (Å²) in [6.07, 6.45) is 5.06. The molecule has 2 aromatic heterocycles. The van der Waals surface area contributed by atoms with E-state index in [0.29, 0.717) is 22.0 Å². The van der Waals surface area contributed by atoms with E-state index >= 15 is 0 Å². The Morgan fingerprint density at radius 3 is 2.25 bits per heavy atom. The number of hydrogen-bond acceptors (Lipinski definition) is 4. The van der Waals surface area contributed by atoms with Crippen LogP contribution in [0.3, 0.4) is 0 Å². The molecule has 7 nitrogen and oxygen atoms in total. The van der Waals surface area contributed by atoms with Crippen LogP contribution in [0.4, 0.5) is 10.7 Å². The summed E-state index contributed by atoms with van der Waals surface area (Å²) in [5.41, 5.74) is 4.24. The van der Waals surface area contributed by atoms with Gasteiger partial charge < -0.3 is 9.88 Å². The first-order valence-corrected chi connectivity index (χ1v) is 13.6. The fourth-order valence-electron chi connectivity index (χ4n) is 4.43. The maximum Gasteiger partial charge on any atom is 0.297 e. The lowest BCUT2D eigenvalue weighted by atomic mass is 10.1. The van der Waals surface area contributed by atoms with Crippen molar-refractivity contribution in [3.05, 3.63) is 136 Å². The summed E-state index contributed by atoms with van der Waals surface area (Å²) in [7, 11) is 1.84. The zero-order valence-electron chi connectivity index (χ0n) is 22.3. The monoisotopic (exact) mass is 547 g/mol. The summed E-state index contributed by atoms with van der Waals surface area (Å²) in [6, 6.07) is 28.9. The van der Waals surface area contributed by atoms with Gasteiger partial charge >= 0.3 is 0 Å². The van der Waals surface area contributed by atoms with Crippen LogP contribution >= 0.6 is 11.3 Å². The van der Waals surface area contributed by atoms with Gasteiger partial charge in [-0.15, -0.1) is 6.58 Å². The van der Waals surface area contributed by atoms with Crippen molar-refractivity contribution in [3.63, 3.8) is 0 Å². The Labute approximate surface area is 236 Å². The third-order valence-corrected chi connectivity index (χ3v) is 7.46. The lowest BCUT2D eigenvalue weighted by Gasteiger charge is -2.09. The fraction of sp³-hybridized carbons (Fsp3) is 0.0938. The molecule has 1 amide bonds. The Kier molecular flexibility index (Phi) is 7.89. The molecule has 8 heteroatoms. The highest BCUT2D eigenvalue weighted by Gasteiger charge is 2.20. The number of rotatable bonds is 8. The average molecular weight is 548 g/mol. The number of benzene rings is 3. The Morgan fingerprint density at radius 2 is 1.60 bits per heavy atom. The molecule has 0 atom stereocenters. The van der Waals surface area contributed by atoms with Gasteiger partial charge in [0.1, 0.15) is 5.00 Å². The Balaban J connectivity index is 1.65. The van der Waals surface area contributed by atoms with E-state index in [1.54, 1.807) is 21.5 Å².